The van der Waals surface area contributed by atoms with Crippen LogP contribution in [0.2, 0.25) is 0 Å². The van der Waals surface area contributed by atoms with Gasteiger partial charge in [-0.2, -0.15) is 5.10 Å². The van der Waals surface area contributed by atoms with Crippen molar-refractivity contribution in [2.45, 2.75) is 46.2 Å². The normalized spacial score (nSPS) is 17.3. The summed E-state index contributed by atoms with van der Waals surface area (Å²) in [5.41, 5.74) is 3.55. The van der Waals surface area contributed by atoms with E-state index < -0.39 is 0 Å². The molecule has 0 aliphatic carbocycles. The van der Waals surface area contributed by atoms with Gasteiger partial charge in [-0.15, -0.1) is 0 Å². The van der Waals surface area contributed by atoms with Crippen molar-refractivity contribution in [1.29, 1.82) is 0 Å². The van der Waals surface area contributed by atoms with Crippen molar-refractivity contribution >= 4 is 0 Å². The summed E-state index contributed by atoms with van der Waals surface area (Å²) in [6.07, 6.45) is 4.21. The summed E-state index contributed by atoms with van der Waals surface area (Å²) in [6, 6.07) is 12.7. The number of aromatic nitrogens is 2. The highest BCUT2D eigenvalue weighted by molar-refractivity contribution is 5.59. The SMILES string of the molecule is Cc1cc(-c2ccccc2)nn1[C@H](CC(C)C)N1CCCC1. The van der Waals surface area contributed by atoms with Crippen LogP contribution < -0.4 is 0 Å². The Morgan fingerprint density at radius 2 is 1.77 bits per heavy atom. The van der Waals surface area contributed by atoms with Crippen molar-refractivity contribution in [2.24, 2.45) is 5.92 Å². The second-order valence-electron chi connectivity index (χ2n) is 6.83. The summed E-state index contributed by atoms with van der Waals surface area (Å²) >= 11 is 0. The number of likely N-dealkylation sites (tertiary alicyclic amines) is 1. The molecule has 0 amide bonds. The predicted octanol–water partition coefficient (Wildman–Crippen LogP) is 4.50. The molecule has 3 heteroatoms. The van der Waals surface area contributed by atoms with Crippen LogP contribution >= 0.6 is 0 Å². The van der Waals surface area contributed by atoms with Crippen molar-refractivity contribution in [2.75, 3.05) is 13.1 Å². The summed E-state index contributed by atoms with van der Waals surface area (Å²) in [4.78, 5) is 2.61. The van der Waals surface area contributed by atoms with E-state index in [2.05, 4.69) is 66.8 Å². The lowest BCUT2D eigenvalue weighted by molar-refractivity contribution is 0.133. The molecular formula is C19H27N3. The van der Waals surface area contributed by atoms with Crippen molar-refractivity contribution < 1.29 is 0 Å². The van der Waals surface area contributed by atoms with E-state index in [1.165, 1.54) is 37.2 Å². The molecule has 2 heterocycles. The van der Waals surface area contributed by atoms with Crippen LogP contribution in [0.4, 0.5) is 0 Å². The summed E-state index contributed by atoms with van der Waals surface area (Å²) in [5, 5.41) is 4.95. The molecule has 0 N–H and O–H groups in total. The number of rotatable bonds is 5. The minimum absolute atomic E-state index is 0.403. The van der Waals surface area contributed by atoms with Gasteiger partial charge in [0.2, 0.25) is 0 Å². The average Bonchev–Trinajstić information content (AvgIpc) is 3.15. The third-order valence-electron chi connectivity index (χ3n) is 4.52. The first kappa shape index (κ1) is 15.3. The maximum Gasteiger partial charge on any atom is 0.104 e. The van der Waals surface area contributed by atoms with Crippen molar-refractivity contribution in [1.82, 2.24) is 14.7 Å². The fourth-order valence-corrected chi connectivity index (χ4v) is 3.40. The van der Waals surface area contributed by atoms with Gasteiger partial charge >= 0.3 is 0 Å². The lowest BCUT2D eigenvalue weighted by Crippen LogP contribution is -2.32. The maximum atomic E-state index is 4.95. The first-order chi connectivity index (χ1) is 10.6. The summed E-state index contributed by atoms with van der Waals surface area (Å²) in [5.74, 6) is 0.675. The highest BCUT2D eigenvalue weighted by Crippen LogP contribution is 2.29. The van der Waals surface area contributed by atoms with Crippen LogP contribution in [0.5, 0.6) is 0 Å². The van der Waals surface area contributed by atoms with E-state index in [0.717, 1.165) is 12.1 Å². The number of hydrogen-bond acceptors (Lipinski definition) is 2. The molecule has 1 aliphatic heterocycles. The quantitative estimate of drug-likeness (QED) is 0.810. The minimum atomic E-state index is 0.403. The molecule has 0 bridgehead atoms. The highest BCUT2D eigenvalue weighted by Gasteiger charge is 2.26. The Morgan fingerprint density at radius 1 is 1.09 bits per heavy atom. The van der Waals surface area contributed by atoms with Crippen LogP contribution in [-0.4, -0.2) is 27.8 Å². The van der Waals surface area contributed by atoms with Gasteiger partial charge in [0.1, 0.15) is 6.17 Å². The molecule has 118 valence electrons. The molecule has 22 heavy (non-hydrogen) atoms. The monoisotopic (exact) mass is 297 g/mol. The van der Waals surface area contributed by atoms with Crippen LogP contribution in [0, 0.1) is 12.8 Å². The summed E-state index contributed by atoms with van der Waals surface area (Å²) < 4.78 is 2.26. The topological polar surface area (TPSA) is 21.1 Å². The molecule has 1 atom stereocenters. The molecular weight excluding hydrogens is 270 g/mol. The standard InChI is InChI=1S/C19H27N3/c1-15(2)13-19(21-11-7-8-12-21)22-16(3)14-18(20-22)17-9-5-4-6-10-17/h4-6,9-10,14-15,19H,7-8,11-13H2,1-3H3/t19-/m1/s1. The fraction of sp³-hybridized carbons (Fsp3) is 0.526. The summed E-state index contributed by atoms with van der Waals surface area (Å²) in [6.45, 7) is 9.21. The predicted molar refractivity (Wildman–Crippen MR) is 91.7 cm³/mol. The van der Waals surface area contributed by atoms with E-state index in [1.54, 1.807) is 0 Å². The summed E-state index contributed by atoms with van der Waals surface area (Å²) in [7, 11) is 0. The van der Waals surface area contributed by atoms with Gasteiger partial charge in [0.05, 0.1) is 5.69 Å². The van der Waals surface area contributed by atoms with Gasteiger partial charge in [0.25, 0.3) is 0 Å². The molecule has 1 aliphatic rings. The molecule has 3 nitrogen and oxygen atoms in total. The molecule has 0 radical (unpaired) electrons. The molecule has 0 unspecified atom stereocenters. The Morgan fingerprint density at radius 3 is 2.41 bits per heavy atom. The van der Waals surface area contributed by atoms with E-state index >= 15 is 0 Å². The van der Waals surface area contributed by atoms with E-state index in [9.17, 15) is 0 Å². The average molecular weight is 297 g/mol. The molecule has 2 aromatic rings. The Balaban J connectivity index is 1.92. The van der Waals surface area contributed by atoms with Crippen LogP contribution in [0.15, 0.2) is 36.4 Å². The first-order valence-corrected chi connectivity index (χ1v) is 8.51. The van der Waals surface area contributed by atoms with Gasteiger partial charge in [0, 0.05) is 24.3 Å². The smallest absolute Gasteiger partial charge is 0.104 e. The lowest BCUT2D eigenvalue weighted by atomic mass is 10.1. The largest absolute Gasteiger partial charge is 0.282 e. The zero-order valence-corrected chi connectivity index (χ0v) is 14.0. The zero-order chi connectivity index (χ0) is 15.5. The van der Waals surface area contributed by atoms with Crippen molar-refractivity contribution in [3.8, 4) is 11.3 Å². The van der Waals surface area contributed by atoms with Gasteiger partial charge in [-0.05, 0) is 38.2 Å². The van der Waals surface area contributed by atoms with Crippen LogP contribution in [0.1, 0.15) is 45.0 Å². The fourth-order valence-electron chi connectivity index (χ4n) is 3.40. The zero-order valence-electron chi connectivity index (χ0n) is 14.0. The van der Waals surface area contributed by atoms with Crippen molar-refractivity contribution in [3.63, 3.8) is 0 Å². The van der Waals surface area contributed by atoms with Gasteiger partial charge in [-0.1, -0.05) is 44.2 Å². The third-order valence-corrected chi connectivity index (χ3v) is 4.52. The number of nitrogens with zero attached hydrogens (tertiary/aromatic N) is 3. The molecule has 1 fully saturated rings. The molecule has 1 aromatic heterocycles. The lowest BCUT2D eigenvalue weighted by Gasteiger charge is -2.30. The van der Waals surface area contributed by atoms with E-state index in [0.29, 0.717) is 12.1 Å². The second kappa shape index (κ2) is 6.66. The van der Waals surface area contributed by atoms with Crippen LogP contribution in [0.25, 0.3) is 11.3 Å². The van der Waals surface area contributed by atoms with Crippen LogP contribution in [-0.2, 0) is 0 Å². The second-order valence-corrected chi connectivity index (χ2v) is 6.83. The molecule has 3 rings (SSSR count). The van der Waals surface area contributed by atoms with E-state index in [1.807, 2.05) is 0 Å². The number of hydrogen-bond donors (Lipinski definition) is 0. The Kier molecular flexibility index (Phi) is 4.63. The Labute approximate surface area is 133 Å². The number of benzene rings is 1. The van der Waals surface area contributed by atoms with Crippen LogP contribution in [0.3, 0.4) is 0 Å². The van der Waals surface area contributed by atoms with Gasteiger partial charge in [-0.3, -0.25) is 9.58 Å². The Hall–Kier alpha value is -1.61. The first-order valence-electron chi connectivity index (χ1n) is 8.51. The molecule has 1 aromatic carbocycles. The minimum Gasteiger partial charge on any atom is -0.282 e. The molecule has 0 spiro atoms. The van der Waals surface area contributed by atoms with Gasteiger partial charge < -0.3 is 0 Å². The van der Waals surface area contributed by atoms with Crippen molar-refractivity contribution in [3.05, 3.63) is 42.1 Å². The number of aryl methyl sites for hydroxylation is 1. The van der Waals surface area contributed by atoms with Gasteiger partial charge in [-0.25, -0.2) is 0 Å². The van der Waals surface area contributed by atoms with E-state index in [-0.39, 0.29) is 0 Å². The van der Waals surface area contributed by atoms with E-state index in [4.69, 9.17) is 5.10 Å². The highest BCUT2D eigenvalue weighted by atomic mass is 15.4. The molecule has 0 saturated carbocycles. The Bertz CT molecular complexity index is 594. The third kappa shape index (κ3) is 3.25. The molecule has 1 saturated heterocycles. The maximum absolute atomic E-state index is 4.95. The van der Waals surface area contributed by atoms with Gasteiger partial charge in [0.15, 0.2) is 0 Å².